The predicted octanol–water partition coefficient (Wildman–Crippen LogP) is 2.93. The Hall–Kier alpha value is -1.88. The molecule has 1 aliphatic heterocycles. The second kappa shape index (κ2) is 9.42. The first-order valence-electron chi connectivity index (χ1n) is 8.73. The van der Waals surface area contributed by atoms with Crippen LogP contribution in [0.2, 0.25) is 0 Å². The maximum absolute atomic E-state index is 12.2. The van der Waals surface area contributed by atoms with Crippen LogP contribution in [0.25, 0.3) is 0 Å². The molecule has 1 aromatic carbocycles. The molecule has 5 nitrogen and oxygen atoms in total. The molecule has 1 amide bonds. The summed E-state index contributed by atoms with van der Waals surface area (Å²) in [6.07, 6.45) is 4.84. The van der Waals surface area contributed by atoms with Crippen LogP contribution in [0, 0.1) is 0 Å². The third-order valence-corrected chi connectivity index (χ3v) is 4.41. The van der Waals surface area contributed by atoms with Gasteiger partial charge < -0.3 is 15.2 Å². The van der Waals surface area contributed by atoms with Gasteiger partial charge in [0.2, 0.25) is 5.91 Å². The van der Waals surface area contributed by atoms with Gasteiger partial charge in [-0.1, -0.05) is 30.3 Å². The van der Waals surface area contributed by atoms with E-state index >= 15 is 0 Å². The van der Waals surface area contributed by atoms with Gasteiger partial charge in [0.25, 0.3) is 0 Å². The van der Waals surface area contributed by atoms with E-state index in [2.05, 4.69) is 12.2 Å². The average molecular weight is 333 g/mol. The highest BCUT2D eigenvalue weighted by Crippen LogP contribution is 2.22. The fourth-order valence-corrected chi connectivity index (χ4v) is 3.11. The van der Waals surface area contributed by atoms with Gasteiger partial charge in [0.1, 0.15) is 0 Å². The minimum Gasteiger partial charge on any atom is -0.481 e. The number of benzene rings is 1. The van der Waals surface area contributed by atoms with Crippen LogP contribution in [-0.2, 0) is 20.7 Å². The van der Waals surface area contributed by atoms with Crippen LogP contribution in [0.15, 0.2) is 30.3 Å². The smallest absolute Gasteiger partial charge is 0.303 e. The van der Waals surface area contributed by atoms with Crippen LogP contribution < -0.4 is 5.32 Å². The van der Waals surface area contributed by atoms with Crippen LogP contribution >= 0.6 is 0 Å². The van der Waals surface area contributed by atoms with E-state index in [4.69, 9.17) is 9.84 Å². The number of nitrogens with one attached hydrogen (secondary N) is 1. The molecule has 1 heterocycles. The van der Waals surface area contributed by atoms with E-state index in [0.717, 1.165) is 24.8 Å². The van der Waals surface area contributed by atoms with Crippen LogP contribution in [0.1, 0.15) is 51.0 Å². The van der Waals surface area contributed by atoms with Crippen molar-refractivity contribution < 1.29 is 19.4 Å². The number of amides is 1. The van der Waals surface area contributed by atoms with Crippen molar-refractivity contribution in [3.05, 3.63) is 35.9 Å². The summed E-state index contributed by atoms with van der Waals surface area (Å²) in [7, 11) is 0. The zero-order valence-corrected chi connectivity index (χ0v) is 14.2. The molecular formula is C19H27NO4. The number of ether oxygens (including phenoxy) is 1. The van der Waals surface area contributed by atoms with Crippen molar-refractivity contribution in [2.24, 2.45) is 0 Å². The van der Waals surface area contributed by atoms with Crippen LogP contribution in [0.3, 0.4) is 0 Å². The highest BCUT2D eigenvalue weighted by molar-refractivity contribution is 5.76. The molecule has 2 N–H and O–H groups in total. The summed E-state index contributed by atoms with van der Waals surface area (Å²) in [5, 5.41) is 11.9. The van der Waals surface area contributed by atoms with Crippen molar-refractivity contribution in [2.45, 2.75) is 70.1 Å². The average Bonchev–Trinajstić information content (AvgIpc) is 2.97. The Balaban J connectivity index is 1.81. The molecule has 2 rings (SSSR count). The largest absolute Gasteiger partial charge is 0.481 e. The Kier molecular flexibility index (Phi) is 7.25. The van der Waals surface area contributed by atoms with E-state index in [-0.39, 0.29) is 24.5 Å². The normalized spacial score (nSPS) is 21.4. The first-order chi connectivity index (χ1) is 11.5. The predicted molar refractivity (Wildman–Crippen MR) is 91.7 cm³/mol. The van der Waals surface area contributed by atoms with Crippen molar-refractivity contribution >= 4 is 11.9 Å². The monoisotopic (exact) mass is 333 g/mol. The molecule has 1 saturated heterocycles. The molecule has 1 fully saturated rings. The third-order valence-electron chi connectivity index (χ3n) is 4.41. The van der Waals surface area contributed by atoms with Gasteiger partial charge in [-0.2, -0.15) is 0 Å². The lowest BCUT2D eigenvalue weighted by Crippen LogP contribution is -2.37. The van der Waals surface area contributed by atoms with Gasteiger partial charge >= 0.3 is 5.97 Å². The summed E-state index contributed by atoms with van der Waals surface area (Å²) in [6, 6.07) is 9.67. The summed E-state index contributed by atoms with van der Waals surface area (Å²) in [5.41, 5.74) is 1.10. The minimum atomic E-state index is -0.837. The van der Waals surface area contributed by atoms with Crippen molar-refractivity contribution in [3.8, 4) is 0 Å². The van der Waals surface area contributed by atoms with E-state index in [9.17, 15) is 9.59 Å². The second-order valence-corrected chi connectivity index (χ2v) is 6.57. The highest BCUT2D eigenvalue weighted by atomic mass is 16.5. The first-order valence-corrected chi connectivity index (χ1v) is 8.73. The summed E-state index contributed by atoms with van der Waals surface area (Å²) in [5.74, 6) is -0.861. The number of hydrogen-bond acceptors (Lipinski definition) is 3. The summed E-state index contributed by atoms with van der Waals surface area (Å²) in [6.45, 7) is 2.06. The van der Waals surface area contributed by atoms with Crippen LogP contribution in [0.5, 0.6) is 0 Å². The lowest BCUT2D eigenvalue weighted by atomic mass is 10.0. The van der Waals surface area contributed by atoms with E-state index in [0.29, 0.717) is 25.4 Å². The van der Waals surface area contributed by atoms with E-state index in [1.165, 1.54) is 0 Å². The highest BCUT2D eigenvalue weighted by Gasteiger charge is 2.23. The standard InChI is InChI=1S/C19H27NO4/c1-14-7-9-17(24-14)10-11-18(21)20-16(8-12-19(22)23)13-15-5-3-2-4-6-15/h2-6,14,16-17H,7-13H2,1H3,(H,20,21)(H,22,23). The zero-order valence-electron chi connectivity index (χ0n) is 14.2. The second-order valence-electron chi connectivity index (χ2n) is 6.57. The molecule has 1 aliphatic rings. The molecule has 0 radical (unpaired) electrons. The number of carboxylic acids is 1. The number of rotatable bonds is 9. The van der Waals surface area contributed by atoms with E-state index < -0.39 is 5.97 Å². The minimum absolute atomic E-state index is 0.0236. The topological polar surface area (TPSA) is 75.6 Å². The van der Waals surface area contributed by atoms with E-state index in [1.54, 1.807) is 0 Å². The Morgan fingerprint density at radius 1 is 1.25 bits per heavy atom. The number of carboxylic acid groups (broad SMARTS) is 1. The molecule has 0 bridgehead atoms. The van der Waals surface area contributed by atoms with Gasteiger partial charge in [0, 0.05) is 18.9 Å². The summed E-state index contributed by atoms with van der Waals surface area (Å²) >= 11 is 0. The molecule has 24 heavy (non-hydrogen) atoms. The molecule has 1 aromatic rings. The van der Waals surface area contributed by atoms with Gasteiger partial charge in [-0.25, -0.2) is 0 Å². The molecule has 132 valence electrons. The molecular weight excluding hydrogens is 306 g/mol. The van der Waals surface area contributed by atoms with Gasteiger partial charge in [0.05, 0.1) is 12.2 Å². The molecule has 5 heteroatoms. The molecule has 0 aliphatic carbocycles. The Morgan fingerprint density at radius 2 is 2.00 bits per heavy atom. The van der Waals surface area contributed by atoms with Gasteiger partial charge in [-0.15, -0.1) is 0 Å². The van der Waals surface area contributed by atoms with Crippen LogP contribution in [-0.4, -0.2) is 35.2 Å². The van der Waals surface area contributed by atoms with E-state index in [1.807, 2.05) is 30.3 Å². The first kappa shape index (κ1) is 18.5. The van der Waals surface area contributed by atoms with Crippen LogP contribution in [0.4, 0.5) is 0 Å². The van der Waals surface area contributed by atoms with Crippen molar-refractivity contribution in [1.29, 1.82) is 0 Å². The maximum atomic E-state index is 12.2. The van der Waals surface area contributed by atoms with Crippen molar-refractivity contribution in [1.82, 2.24) is 5.32 Å². The Labute approximate surface area is 143 Å². The summed E-state index contributed by atoms with van der Waals surface area (Å²) < 4.78 is 5.73. The molecule has 3 atom stereocenters. The number of aliphatic carboxylic acids is 1. The number of hydrogen-bond donors (Lipinski definition) is 2. The fraction of sp³-hybridized carbons (Fsp3) is 0.579. The van der Waals surface area contributed by atoms with Gasteiger partial charge in [-0.05, 0) is 44.6 Å². The Morgan fingerprint density at radius 3 is 2.62 bits per heavy atom. The van der Waals surface area contributed by atoms with Gasteiger partial charge in [-0.3, -0.25) is 9.59 Å². The third kappa shape index (κ3) is 6.71. The lowest BCUT2D eigenvalue weighted by molar-refractivity contribution is -0.137. The molecule has 0 aromatic heterocycles. The van der Waals surface area contributed by atoms with Crippen molar-refractivity contribution in [3.63, 3.8) is 0 Å². The molecule has 3 unspecified atom stereocenters. The number of carbonyl (C=O) groups is 2. The lowest BCUT2D eigenvalue weighted by Gasteiger charge is -2.19. The quantitative estimate of drug-likeness (QED) is 0.728. The maximum Gasteiger partial charge on any atom is 0.303 e. The molecule has 0 spiro atoms. The van der Waals surface area contributed by atoms with Crippen molar-refractivity contribution in [2.75, 3.05) is 0 Å². The number of carbonyl (C=O) groups excluding carboxylic acids is 1. The fourth-order valence-electron chi connectivity index (χ4n) is 3.11. The Bertz CT molecular complexity index is 531. The molecule has 0 saturated carbocycles. The van der Waals surface area contributed by atoms with Gasteiger partial charge in [0.15, 0.2) is 0 Å². The zero-order chi connectivity index (χ0) is 17.4. The SMILES string of the molecule is CC1CCC(CCC(=O)NC(CCC(=O)O)Cc2ccccc2)O1. The summed E-state index contributed by atoms with van der Waals surface area (Å²) in [4.78, 5) is 23.1.